The quantitative estimate of drug-likeness (QED) is 0.750. The molecule has 0 saturated carbocycles. The van der Waals surface area contributed by atoms with E-state index >= 15 is 0 Å². The Bertz CT molecular complexity index is 800. The van der Waals surface area contributed by atoms with Gasteiger partial charge >= 0.3 is 0 Å². The molecule has 0 spiro atoms. The topological polar surface area (TPSA) is 81.5 Å². The number of piperidine rings is 1. The van der Waals surface area contributed by atoms with Crippen LogP contribution in [-0.2, 0) is 0 Å². The number of aliphatic hydroxyl groups is 1. The Labute approximate surface area is 157 Å². The maximum atomic E-state index is 10.5. The Hall–Kier alpha value is -1.89. The van der Waals surface area contributed by atoms with Crippen molar-refractivity contribution in [3.05, 3.63) is 34.3 Å². The van der Waals surface area contributed by atoms with Gasteiger partial charge < -0.3 is 20.4 Å². The fourth-order valence-electron chi connectivity index (χ4n) is 4.03. The zero-order valence-corrected chi connectivity index (χ0v) is 15.5. The first kappa shape index (κ1) is 17.5. The molecule has 0 aliphatic carbocycles. The van der Waals surface area contributed by atoms with Crippen molar-refractivity contribution in [2.45, 2.75) is 38.3 Å². The lowest BCUT2D eigenvalue weighted by molar-refractivity contribution is 0.160. The van der Waals surface area contributed by atoms with Gasteiger partial charge in [-0.05, 0) is 56.5 Å². The first-order valence-electron chi connectivity index (χ1n) is 9.07. The molecule has 6 nitrogen and oxygen atoms in total. The molecule has 4 rings (SSSR count). The number of aromatic hydroxyl groups is 1. The van der Waals surface area contributed by atoms with Crippen molar-refractivity contribution >= 4 is 17.4 Å². The minimum absolute atomic E-state index is 0.0721. The number of halogens is 1. The first-order chi connectivity index (χ1) is 12.5. The Morgan fingerprint density at radius 1 is 1.23 bits per heavy atom. The van der Waals surface area contributed by atoms with E-state index in [1.807, 2.05) is 13.0 Å². The van der Waals surface area contributed by atoms with Gasteiger partial charge in [0.05, 0.1) is 11.8 Å². The normalized spacial score (nSPS) is 23.0. The van der Waals surface area contributed by atoms with Gasteiger partial charge in [-0.1, -0.05) is 11.6 Å². The second kappa shape index (κ2) is 7.02. The van der Waals surface area contributed by atoms with Gasteiger partial charge in [-0.2, -0.15) is 0 Å². The predicted molar refractivity (Wildman–Crippen MR) is 102 cm³/mol. The number of nitrogens with zero attached hydrogens (tertiary/aromatic N) is 3. The van der Waals surface area contributed by atoms with E-state index in [4.69, 9.17) is 11.6 Å². The van der Waals surface area contributed by atoms with Crippen molar-refractivity contribution in [2.24, 2.45) is 0 Å². The van der Waals surface area contributed by atoms with Gasteiger partial charge in [-0.25, -0.2) is 0 Å². The number of aliphatic hydroxyl groups excluding tert-OH is 1. The second-order valence-electron chi connectivity index (χ2n) is 7.12. The highest BCUT2D eigenvalue weighted by atomic mass is 35.5. The molecule has 3 N–H and O–H groups in total. The highest BCUT2D eigenvalue weighted by molar-refractivity contribution is 6.31. The molecule has 1 saturated heterocycles. The zero-order valence-electron chi connectivity index (χ0n) is 14.7. The SMILES string of the molecule is Cc1cc(Cl)cc(O)c1-c1cc2c(nn1)N([C@@H]1CCCNC1)CCC2O. The molecule has 3 heterocycles. The molecule has 0 bridgehead atoms. The summed E-state index contributed by atoms with van der Waals surface area (Å²) in [6, 6.07) is 5.52. The van der Waals surface area contributed by atoms with Crippen LogP contribution in [0.15, 0.2) is 18.2 Å². The van der Waals surface area contributed by atoms with Crippen LogP contribution in [-0.4, -0.2) is 46.1 Å². The van der Waals surface area contributed by atoms with Crippen LogP contribution in [0.2, 0.25) is 5.02 Å². The monoisotopic (exact) mass is 374 g/mol. The van der Waals surface area contributed by atoms with Gasteiger partial charge in [0.2, 0.25) is 0 Å². The number of aryl methyl sites for hydroxylation is 1. The van der Waals surface area contributed by atoms with Crippen LogP contribution in [0.5, 0.6) is 5.75 Å². The summed E-state index contributed by atoms with van der Waals surface area (Å²) in [5.74, 6) is 0.829. The van der Waals surface area contributed by atoms with Crippen LogP contribution in [0.4, 0.5) is 5.82 Å². The Kier molecular flexibility index (Phi) is 4.73. The third-order valence-corrected chi connectivity index (χ3v) is 5.54. The standard InChI is InChI=1S/C19H23ClN4O2/c1-11-7-12(20)8-17(26)18(11)15-9-14-16(25)4-6-24(19(14)23-22-15)13-3-2-5-21-10-13/h7-9,13,16,21,25-26H,2-6,10H2,1H3/t13-,16?/m1/s1. The molecule has 26 heavy (non-hydrogen) atoms. The van der Waals surface area contributed by atoms with Gasteiger partial charge in [-0.3, -0.25) is 0 Å². The molecule has 2 aliphatic rings. The van der Waals surface area contributed by atoms with Crippen LogP contribution in [0.25, 0.3) is 11.3 Å². The fraction of sp³-hybridized carbons (Fsp3) is 0.474. The number of aromatic nitrogens is 2. The molecule has 2 aromatic rings. The molecule has 1 aromatic heterocycles. The predicted octanol–water partition coefficient (Wildman–Crippen LogP) is 2.81. The van der Waals surface area contributed by atoms with E-state index in [1.165, 1.54) is 6.07 Å². The summed E-state index contributed by atoms with van der Waals surface area (Å²) in [6.07, 6.45) is 2.35. The van der Waals surface area contributed by atoms with Gasteiger partial charge in [0.15, 0.2) is 5.82 Å². The molecule has 138 valence electrons. The first-order valence-corrected chi connectivity index (χ1v) is 9.45. The van der Waals surface area contributed by atoms with E-state index in [9.17, 15) is 10.2 Å². The van der Waals surface area contributed by atoms with Crippen LogP contribution in [0.3, 0.4) is 0 Å². The average Bonchev–Trinajstić information content (AvgIpc) is 2.62. The largest absolute Gasteiger partial charge is 0.507 e. The van der Waals surface area contributed by atoms with Crippen molar-refractivity contribution in [3.8, 4) is 17.0 Å². The Morgan fingerprint density at radius 3 is 2.81 bits per heavy atom. The van der Waals surface area contributed by atoms with Crippen LogP contribution < -0.4 is 10.2 Å². The van der Waals surface area contributed by atoms with E-state index in [0.29, 0.717) is 28.7 Å². The summed E-state index contributed by atoms with van der Waals surface area (Å²) in [4.78, 5) is 2.26. The summed E-state index contributed by atoms with van der Waals surface area (Å²) in [5, 5.41) is 33.6. The molecule has 7 heteroatoms. The average molecular weight is 375 g/mol. The minimum atomic E-state index is -0.568. The number of nitrogens with one attached hydrogen (secondary N) is 1. The second-order valence-corrected chi connectivity index (χ2v) is 7.56. The van der Waals surface area contributed by atoms with E-state index in [0.717, 1.165) is 49.4 Å². The van der Waals surface area contributed by atoms with Gasteiger partial charge in [0.25, 0.3) is 0 Å². The number of fused-ring (bicyclic) bond motifs is 1. The number of rotatable bonds is 2. The summed E-state index contributed by atoms with van der Waals surface area (Å²) in [7, 11) is 0. The molecule has 0 radical (unpaired) electrons. The number of phenols is 1. The van der Waals surface area contributed by atoms with Crippen molar-refractivity contribution in [1.29, 1.82) is 0 Å². The molecule has 2 aliphatic heterocycles. The Balaban J connectivity index is 1.75. The molecular formula is C19H23ClN4O2. The molecule has 2 atom stereocenters. The Morgan fingerprint density at radius 2 is 2.08 bits per heavy atom. The van der Waals surface area contributed by atoms with Crippen molar-refractivity contribution in [3.63, 3.8) is 0 Å². The highest BCUT2D eigenvalue weighted by Crippen LogP contribution is 2.39. The number of hydrogen-bond acceptors (Lipinski definition) is 6. The van der Waals surface area contributed by atoms with Crippen molar-refractivity contribution in [2.75, 3.05) is 24.5 Å². The molecule has 0 amide bonds. The van der Waals surface area contributed by atoms with Crippen molar-refractivity contribution < 1.29 is 10.2 Å². The van der Waals surface area contributed by atoms with Crippen LogP contribution in [0.1, 0.15) is 36.5 Å². The molecule has 1 unspecified atom stereocenters. The van der Waals surface area contributed by atoms with E-state index in [2.05, 4.69) is 20.4 Å². The number of benzene rings is 1. The fourth-order valence-corrected chi connectivity index (χ4v) is 4.29. The third kappa shape index (κ3) is 3.13. The third-order valence-electron chi connectivity index (χ3n) is 5.32. The lowest BCUT2D eigenvalue weighted by atomic mass is 9.96. The van der Waals surface area contributed by atoms with Crippen molar-refractivity contribution in [1.82, 2.24) is 15.5 Å². The molecule has 1 aromatic carbocycles. The lowest BCUT2D eigenvalue weighted by Crippen LogP contribution is -2.49. The van der Waals surface area contributed by atoms with E-state index < -0.39 is 6.10 Å². The highest BCUT2D eigenvalue weighted by Gasteiger charge is 2.31. The molecular weight excluding hydrogens is 352 g/mol. The lowest BCUT2D eigenvalue weighted by Gasteiger charge is -2.40. The summed E-state index contributed by atoms with van der Waals surface area (Å²) in [5.41, 5.74) is 2.76. The van der Waals surface area contributed by atoms with E-state index in [-0.39, 0.29) is 5.75 Å². The van der Waals surface area contributed by atoms with E-state index in [1.54, 1.807) is 6.07 Å². The smallest absolute Gasteiger partial charge is 0.157 e. The maximum absolute atomic E-state index is 10.5. The van der Waals surface area contributed by atoms with Gasteiger partial charge in [0, 0.05) is 35.3 Å². The van der Waals surface area contributed by atoms with Gasteiger partial charge in [-0.15, -0.1) is 10.2 Å². The molecule has 1 fully saturated rings. The maximum Gasteiger partial charge on any atom is 0.157 e. The van der Waals surface area contributed by atoms with Gasteiger partial charge in [0.1, 0.15) is 5.75 Å². The minimum Gasteiger partial charge on any atom is -0.507 e. The summed E-state index contributed by atoms with van der Waals surface area (Å²) < 4.78 is 0. The summed E-state index contributed by atoms with van der Waals surface area (Å²) >= 11 is 6.00. The van der Waals surface area contributed by atoms with Crippen LogP contribution in [0, 0.1) is 6.92 Å². The summed E-state index contributed by atoms with van der Waals surface area (Å²) in [6.45, 7) is 4.63. The number of hydrogen-bond donors (Lipinski definition) is 3. The number of anilines is 1. The zero-order chi connectivity index (χ0) is 18.3. The number of phenolic OH excluding ortho intramolecular Hbond substituents is 1. The van der Waals surface area contributed by atoms with Crippen LogP contribution >= 0.6 is 11.6 Å².